The van der Waals surface area contributed by atoms with E-state index in [1.165, 1.54) is 0 Å². The Bertz CT molecular complexity index is 331. The summed E-state index contributed by atoms with van der Waals surface area (Å²) in [6.45, 7) is -0.799. The number of alkyl halides is 2. The van der Waals surface area contributed by atoms with E-state index in [9.17, 15) is 13.2 Å². The summed E-state index contributed by atoms with van der Waals surface area (Å²) in [6.07, 6.45) is -2.94. The molecule has 1 heterocycles. The molecule has 1 rings (SSSR count). The number of rotatable bonds is 3. The van der Waals surface area contributed by atoms with E-state index in [0.29, 0.717) is 0 Å². The molecule has 0 amide bonds. The van der Waals surface area contributed by atoms with Crippen LogP contribution in [0.2, 0.25) is 0 Å². The van der Waals surface area contributed by atoms with Gasteiger partial charge in [-0.2, -0.15) is 0 Å². The van der Waals surface area contributed by atoms with Gasteiger partial charge in [0.05, 0.1) is 23.6 Å². The van der Waals surface area contributed by atoms with Gasteiger partial charge in [0, 0.05) is 6.54 Å². The van der Waals surface area contributed by atoms with Gasteiger partial charge in [-0.3, -0.25) is 4.98 Å². The van der Waals surface area contributed by atoms with Crippen LogP contribution in [-0.2, 0) is 13.2 Å². The van der Waals surface area contributed by atoms with Crippen LogP contribution >= 0.6 is 0 Å². The topological polar surface area (TPSA) is 59.1 Å². The zero-order valence-electron chi connectivity index (χ0n) is 7.17. The van der Waals surface area contributed by atoms with E-state index in [1.54, 1.807) is 0 Å². The lowest BCUT2D eigenvalue weighted by molar-refractivity contribution is 0.145. The molecule has 78 valence electrons. The molecule has 0 saturated carbocycles. The molecule has 6 heteroatoms. The third-order valence-corrected chi connectivity index (χ3v) is 1.70. The van der Waals surface area contributed by atoms with Gasteiger partial charge in [-0.25, -0.2) is 13.2 Å². The van der Waals surface area contributed by atoms with E-state index >= 15 is 0 Å². The summed E-state index contributed by atoms with van der Waals surface area (Å²) < 4.78 is 37.7. The number of hydrogen-bond acceptors (Lipinski definition) is 3. The van der Waals surface area contributed by atoms with Crippen molar-refractivity contribution in [3.8, 4) is 0 Å². The zero-order chi connectivity index (χ0) is 10.7. The average molecular weight is 206 g/mol. The molecule has 14 heavy (non-hydrogen) atoms. The Morgan fingerprint density at radius 3 is 2.57 bits per heavy atom. The van der Waals surface area contributed by atoms with E-state index < -0.39 is 24.4 Å². The largest absolute Gasteiger partial charge is 0.390 e. The van der Waals surface area contributed by atoms with Crippen molar-refractivity contribution >= 4 is 0 Å². The predicted molar refractivity (Wildman–Crippen MR) is 43.0 cm³/mol. The van der Waals surface area contributed by atoms with E-state index in [2.05, 4.69) is 4.98 Å². The van der Waals surface area contributed by atoms with Crippen molar-refractivity contribution in [2.45, 2.75) is 19.6 Å². The highest BCUT2D eigenvalue weighted by Gasteiger charge is 2.18. The fourth-order valence-electron chi connectivity index (χ4n) is 1.04. The van der Waals surface area contributed by atoms with Crippen LogP contribution in [0.5, 0.6) is 0 Å². The summed E-state index contributed by atoms with van der Waals surface area (Å²) >= 11 is 0. The fourth-order valence-corrected chi connectivity index (χ4v) is 1.04. The molecular formula is C8H9F3N2O. The smallest absolute Gasteiger partial charge is 0.266 e. The lowest BCUT2D eigenvalue weighted by Gasteiger charge is -2.07. The molecule has 0 bridgehead atoms. The van der Waals surface area contributed by atoms with Gasteiger partial charge in [0.25, 0.3) is 6.43 Å². The maximum Gasteiger partial charge on any atom is 0.266 e. The Labute approximate surface area is 78.4 Å². The van der Waals surface area contributed by atoms with E-state index in [1.807, 2.05) is 0 Å². The van der Waals surface area contributed by atoms with Crippen molar-refractivity contribution in [1.29, 1.82) is 0 Å². The van der Waals surface area contributed by atoms with Gasteiger partial charge in [-0.1, -0.05) is 0 Å². The molecule has 0 radical (unpaired) electrons. The molecule has 0 spiro atoms. The highest BCUT2D eigenvalue weighted by molar-refractivity contribution is 5.24. The second kappa shape index (κ2) is 4.39. The Kier molecular flexibility index (Phi) is 3.43. The molecule has 3 nitrogen and oxygen atoms in total. The number of nitrogens with two attached hydrogens (primary N) is 1. The molecule has 0 atom stereocenters. The van der Waals surface area contributed by atoms with Crippen molar-refractivity contribution in [1.82, 2.24) is 4.98 Å². The molecule has 0 fully saturated rings. The van der Waals surface area contributed by atoms with Gasteiger partial charge in [0.2, 0.25) is 0 Å². The number of nitrogens with zero attached hydrogens (tertiary/aromatic N) is 1. The Morgan fingerprint density at radius 2 is 2.14 bits per heavy atom. The minimum atomic E-state index is -2.94. The Balaban J connectivity index is 3.27. The molecule has 0 aromatic carbocycles. The first-order valence-corrected chi connectivity index (χ1v) is 3.87. The maximum absolute atomic E-state index is 13.1. The van der Waals surface area contributed by atoms with E-state index in [0.717, 1.165) is 6.07 Å². The first-order chi connectivity index (χ1) is 6.60. The Morgan fingerprint density at radius 1 is 1.50 bits per heavy atom. The zero-order valence-corrected chi connectivity index (χ0v) is 7.17. The number of aliphatic hydroxyl groups is 1. The molecule has 0 saturated heterocycles. The van der Waals surface area contributed by atoms with Crippen molar-refractivity contribution < 1.29 is 18.3 Å². The quantitative estimate of drug-likeness (QED) is 0.778. The third kappa shape index (κ3) is 2.02. The first-order valence-electron chi connectivity index (χ1n) is 3.87. The van der Waals surface area contributed by atoms with Crippen LogP contribution in [0, 0.1) is 5.82 Å². The Hall–Kier alpha value is -1.14. The van der Waals surface area contributed by atoms with Gasteiger partial charge in [-0.15, -0.1) is 0 Å². The highest BCUT2D eigenvalue weighted by atomic mass is 19.3. The number of aliphatic hydroxyl groups excluding tert-OH is 1. The molecule has 0 unspecified atom stereocenters. The molecular weight excluding hydrogens is 197 g/mol. The van der Waals surface area contributed by atoms with Gasteiger partial charge >= 0.3 is 0 Å². The monoisotopic (exact) mass is 206 g/mol. The predicted octanol–water partition coefficient (Wildman–Crippen LogP) is 1.11. The number of aromatic nitrogens is 1. The summed E-state index contributed by atoms with van der Waals surface area (Å²) in [4.78, 5) is 3.57. The molecule has 0 aliphatic heterocycles. The SMILES string of the molecule is NCc1nc(CO)cc(C(F)F)c1F. The molecule has 3 N–H and O–H groups in total. The molecule has 0 aliphatic rings. The average Bonchev–Trinajstić information content (AvgIpc) is 2.17. The van der Waals surface area contributed by atoms with Crippen molar-refractivity contribution in [3.05, 3.63) is 28.8 Å². The molecule has 0 aliphatic carbocycles. The maximum atomic E-state index is 13.1. The summed E-state index contributed by atoms with van der Waals surface area (Å²) in [5.74, 6) is -1.10. The number of pyridine rings is 1. The second-order valence-corrected chi connectivity index (χ2v) is 2.63. The minimum Gasteiger partial charge on any atom is -0.390 e. The van der Waals surface area contributed by atoms with Crippen LogP contribution in [-0.4, -0.2) is 10.1 Å². The standard InChI is InChI=1S/C8H9F3N2O/c9-7-5(8(10)11)1-4(3-14)13-6(7)2-12/h1,8,14H,2-3,12H2. The van der Waals surface area contributed by atoms with Gasteiger partial charge in [0.1, 0.15) is 0 Å². The summed E-state index contributed by atoms with van der Waals surface area (Å²) in [7, 11) is 0. The van der Waals surface area contributed by atoms with Crippen LogP contribution < -0.4 is 5.73 Å². The van der Waals surface area contributed by atoms with Crippen LogP contribution in [0.3, 0.4) is 0 Å². The highest BCUT2D eigenvalue weighted by Crippen LogP contribution is 2.24. The van der Waals surface area contributed by atoms with Crippen LogP contribution in [0.1, 0.15) is 23.4 Å². The van der Waals surface area contributed by atoms with Crippen molar-refractivity contribution in [2.24, 2.45) is 5.73 Å². The molecule has 1 aromatic heterocycles. The number of hydrogen-bond donors (Lipinski definition) is 2. The normalized spacial score (nSPS) is 11.0. The molecule has 1 aromatic rings. The summed E-state index contributed by atoms with van der Waals surface area (Å²) in [5, 5.41) is 8.68. The first kappa shape index (κ1) is 10.9. The van der Waals surface area contributed by atoms with Crippen LogP contribution in [0.15, 0.2) is 6.07 Å². The number of halogens is 3. The second-order valence-electron chi connectivity index (χ2n) is 2.63. The third-order valence-electron chi connectivity index (χ3n) is 1.70. The lowest BCUT2D eigenvalue weighted by Crippen LogP contribution is -2.09. The van der Waals surface area contributed by atoms with Crippen molar-refractivity contribution in [2.75, 3.05) is 0 Å². The van der Waals surface area contributed by atoms with E-state index in [-0.39, 0.29) is 17.9 Å². The lowest BCUT2D eigenvalue weighted by atomic mass is 10.2. The van der Waals surface area contributed by atoms with Crippen molar-refractivity contribution in [3.63, 3.8) is 0 Å². The van der Waals surface area contributed by atoms with Gasteiger partial charge < -0.3 is 10.8 Å². The van der Waals surface area contributed by atoms with Crippen LogP contribution in [0.25, 0.3) is 0 Å². The summed E-state index contributed by atoms with van der Waals surface area (Å²) in [5.41, 5.74) is 4.07. The summed E-state index contributed by atoms with van der Waals surface area (Å²) in [6, 6.07) is 0.832. The van der Waals surface area contributed by atoms with Gasteiger partial charge in [0.15, 0.2) is 5.82 Å². The van der Waals surface area contributed by atoms with E-state index in [4.69, 9.17) is 10.8 Å². The minimum absolute atomic E-state index is 0.0119. The van der Waals surface area contributed by atoms with Crippen LogP contribution in [0.4, 0.5) is 13.2 Å². The van der Waals surface area contributed by atoms with Gasteiger partial charge in [-0.05, 0) is 6.07 Å². The fraction of sp³-hybridized carbons (Fsp3) is 0.375.